The summed E-state index contributed by atoms with van der Waals surface area (Å²) >= 11 is 0. The molecule has 0 unspecified atom stereocenters. The van der Waals surface area contributed by atoms with Gasteiger partial charge in [-0.2, -0.15) is 4.31 Å². The van der Waals surface area contributed by atoms with Crippen LogP contribution in [0.3, 0.4) is 0 Å². The molecule has 1 N–H and O–H groups in total. The molecule has 1 aromatic carbocycles. The Balaban J connectivity index is 1.62. The number of nitrogens with zero attached hydrogens (tertiary/aromatic N) is 1. The molecule has 2 fully saturated rings. The van der Waals surface area contributed by atoms with Crippen LogP contribution in [0, 0.1) is 5.41 Å². The average Bonchev–Trinajstić information content (AvgIpc) is 2.83. The average molecular weight is 367 g/mol. The number of aliphatic hydroxyl groups excluding tert-OH is 1. The van der Waals surface area contributed by atoms with Gasteiger partial charge in [0.05, 0.1) is 24.2 Å². The largest absolute Gasteiger partial charge is 0.490 e. The summed E-state index contributed by atoms with van der Waals surface area (Å²) < 4.78 is 39.1. The van der Waals surface area contributed by atoms with E-state index in [9.17, 15) is 13.5 Å². The molecule has 2 atom stereocenters. The highest BCUT2D eigenvalue weighted by atomic mass is 32.2. The highest BCUT2D eigenvalue weighted by Crippen LogP contribution is 2.46. The highest BCUT2D eigenvalue weighted by molar-refractivity contribution is 7.89. The van der Waals surface area contributed by atoms with Gasteiger partial charge in [0, 0.05) is 31.0 Å². The summed E-state index contributed by atoms with van der Waals surface area (Å²) in [5.41, 5.74) is -0.267. The first-order chi connectivity index (χ1) is 12.0. The molecule has 0 bridgehead atoms. The summed E-state index contributed by atoms with van der Waals surface area (Å²) in [4.78, 5) is 0.237. The van der Waals surface area contributed by atoms with Gasteiger partial charge in [-0.3, -0.25) is 0 Å². The predicted molar refractivity (Wildman–Crippen MR) is 92.3 cm³/mol. The SMILES string of the molecule is O=S(=O)(c1ccc2c(c1)OCCCO2)N1CCC[C@]2(CCC[C@H]2O)C1. The lowest BCUT2D eigenvalue weighted by Crippen LogP contribution is -2.49. The van der Waals surface area contributed by atoms with Crippen LogP contribution in [0.2, 0.25) is 0 Å². The maximum atomic E-state index is 13.2. The van der Waals surface area contributed by atoms with E-state index in [4.69, 9.17) is 9.47 Å². The van der Waals surface area contributed by atoms with Crippen molar-refractivity contribution < 1.29 is 23.0 Å². The first kappa shape index (κ1) is 17.1. The Morgan fingerprint density at radius 2 is 1.84 bits per heavy atom. The van der Waals surface area contributed by atoms with Gasteiger partial charge in [0.25, 0.3) is 0 Å². The normalized spacial score (nSPS) is 30.4. The van der Waals surface area contributed by atoms with Crippen molar-refractivity contribution in [1.29, 1.82) is 0 Å². The van der Waals surface area contributed by atoms with Crippen LogP contribution >= 0.6 is 0 Å². The molecule has 1 aliphatic carbocycles. The molecule has 3 aliphatic rings. The number of hydrogen-bond donors (Lipinski definition) is 1. The lowest BCUT2D eigenvalue weighted by atomic mass is 9.77. The third kappa shape index (κ3) is 3.02. The Labute approximate surface area is 148 Å². The van der Waals surface area contributed by atoms with Crippen molar-refractivity contribution >= 4 is 10.0 Å². The number of sulfonamides is 1. The molecule has 25 heavy (non-hydrogen) atoms. The van der Waals surface area contributed by atoms with E-state index in [2.05, 4.69) is 0 Å². The Morgan fingerprint density at radius 3 is 2.60 bits per heavy atom. The molecule has 7 heteroatoms. The molecule has 1 saturated heterocycles. The Hall–Kier alpha value is -1.31. The van der Waals surface area contributed by atoms with Crippen LogP contribution in [0.4, 0.5) is 0 Å². The maximum absolute atomic E-state index is 13.2. The third-order valence-corrected chi connectivity index (χ3v) is 7.63. The van der Waals surface area contributed by atoms with Crippen molar-refractivity contribution in [2.75, 3.05) is 26.3 Å². The van der Waals surface area contributed by atoms with Gasteiger partial charge in [0.15, 0.2) is 11.5 Å². The third-order valence-electron chi connectivity index (χ3n) is 5.79. The fraction of sp³-hybridized carbons (Fsp3) is 0.667. The zero-order valence-corrected chi connectivity index (χ0v) is 15.1. The van der Waals surface area contributed by atoms with Crippen LogP contribution in [0.1, 0.15) is 38.5 Å². The van der Waals surface area contributed by atoms with Crippen molar-refractivity contribution in [3.8, 4) is 11.5 Å². The maximum Gasteiger partial charge on any atom is 0.243 e. The van der Waals surface area contributed by atoms with Gasteiger partial charge >= 0.3 is 0 Å². The van der Waals surface area contributed by atoms with Crippen molar-refractivity contribution in [3.05, 3.63) is 18.2 Å². The van der Waals surface area contributed by atoms with Crippen molar-refractivity contribution in [3.63, 3.8) is 0 Å². The van der Waals surface area contributed by atoms with Gasteiger partial charge in [-0.1, -0.05) is 6.42 Å². The number of hydrogen-bond acceptors (Lipinski definition) is 5. The van der Waals surface area contributed by atoms with Gasteiger partial charge in [-0.25, -0.2) is 8.42 Å². The monoisotopic (exact) mass is 367 g/mol. The lowest BCUT2D eigenvalue weighted by molar-refractivity contribution is 0.0127. The molecule has 0 radical (unpaired) electrons. The zero-order valence-electron chi connectivity index (χ0n) is 14.3. The number of rotatable bonds is 2. The standard InChI is InChI=1S/C18H25NO5S/c20-17-4-1-7-18(17)8-2-9-19(13-18)25(21,22)14-5-6-15-16(12-14)24-11-3-10-23-15/h5-6,12,17,20H,1-4,7-11,13H2/t17-,18-/m1/s1. The van der Waals surface area contributed by atoms with Crippen molar-refractivity contribution in [1.82, 2.24) is 4.31 Å². The molecule has 4 rings (SSSR count). The van der Waals surface area contributed by atoms with Crippen LogP contribution in [0.25, 0.3) is 0 Å². The number of benzene rings is 1. The van der Waals surface area contributed by atoms with Gasteiger partial charge < -0.3 is 14.6 Å². The van der Waals surface area contributed by atoms with E-state index in [1.165, 1.54) is 0 Å². The molecular formula is C18H25NO5S. The molecule has 0 amide bonds. The van der Waals surface area contributed by atoms with Crippen molar-refractivity contribution in [2.24, 2.45) is 5.41 Å². The number of piperidine rings is 1. The van der Waals surface area contributed by atoms with Crippen LogP contribution in [0.15, 0.2) is 23.1 Å². The minimum atomic E-state index is -3.61. The van der Waals surface area contributed by atoms with E-state index in [1.54, 1.807) is 22.5 Å². The second-order valence-electron chi connectivity index (χ2n) is 7.37. The molecule has 1 spiro atoms. The van der Waals surface area contributed by atoms with Crippen LogP contribution < -0.4 is 9.47 Å². The predicted octanol–water partition coefficient (Wildman–Crippen LogP) is 2.16. The minimum Gasteiger partial charge on any atom is -0.490 e. The van der Waals surface area contributed by atoms with E-state index < -0.39 is 16.1 Å². The van der Waals surface area contributed by atoms with Crippen molar-refractivity contribution in [2.45, 2.75) is 49.5 Å². The summed E-state index contributed by atoms with van der Waals surface area (Å²) in [6, 6.07) is 4.84. The van der Waals surface area contributed by atoms with E-state index in [0.29, 0.717) is 37.8 Å². The van der Waals surface area contributed by atoms with E-state index in [0.717, 1.165) is 38.5 Å². The fourth-order valence-corrected chi connectivity index (χ4v) is 5.96. The second kappa shape index (κ2) is 6.45. The summed E-state index contributed by atoms with van der Waals surface area (Å²) in [7, 11) is -3.61. The molecular weight excluding hydrogens is 342 g/mol. The Morgan fingerprint density at radius 1 is 1.08 bits per heavy atom. The summed E-state index contributed by atoms with van der Waals surface area (Å²) in [5.74, 6) is 1.09. The van der Waals surface area contributed by atoms with Crippen LogP contribution in [0.5, 0.6) is 11.5 Å². The molecule has 2 aliphatic heterocycles. The van der Waals surface area contributed by atoms with Gasteiger partial charge in [-0.15, -0.1) is 0 Å². The molecule has 2 heterocycles. The molecule has 6 nitrogen and oxygen atoms in total. The second-order valence-corrected chi connectivity index (χ2v) is 9.31. The smallest absolute Gasteiger partial charge is 0.243 e. The van der Waals surface area contributed by atoms with Crippen LogP contribution in [-0.4, -0.2) is 50.2 Å². The molecule has 1 saturated carbocycles. The zero-order chi connectivity index (χ0) is 17.5. The van der Waals surface area contributed by atoms with Gasteiger partial charge in [-0.05, 0) is 37.8 Å². The van der Waals surface area contributed by atoms with E-state index in [-0.39, 0.29) is 10.3 Å². The summed E-state index contributed by atoms with van der Waals surface area (Å²) in [6.45, 7) is 2.01. The molecule has 1 aromatic rings. The Kier molecular flexibility index (Phi) is 4.42. The topological polar surface area (TPSA) is 76.1 Å². The number of aliphatic hydroxyl groups is 1. The first-order valence-electron chi connectivity index (χ1n) is 9.09. The highest BCUT2D eigenvalue weighted by Gasteiger charge is 2.47. The Bertz CT molecular complexity index is 750. The van der Waals surface area contributed by atoms with E-state index >= 15 is 0 Å². The quantitative estimate of drug-likeness (QED) is 0.867. The van der Waals surface area contributed by atoms with Crippen LogP contribution in [-0.2, 0) is 10.0 Å². The van der Waals surface area contributed by atoms with Gasteiger partial charge in [0.1, 0.15) is 0 Å². The number of ether oxygens (including phenoxy) is 2. The van der Waals surface area contributed by atoms with Gasteiger partial charge in [0.2, 0.25) is 10.0 Å². The molecule has 138 valence electrons. The molecule has 0 aromatic heterocycles. The minimum absolute atomic E-state index is 0.237. The summed E-state index contributed by atoms with van der Waals surface area (Å²) in [5, 5.41) is 10.4. The lowest BCUT2D eigenvalue weighted by Gasteiger charge is -2.41. The first-order valence-corrected chi connectivity index (χ1v) is 10.5. The van der Waals surface area contributed by atoms with E-state index in [1.807, 2.05) is 0 Å². The number of fused-ring (bicyclic) bond motifs is 1. The fourth-order valence-electron chi connectivity index (χ4n) is 4.37. The summed E-state index contributed by atoms with van der Waals surface area (Å²) in [6.07, 6.45) is 4.73.